The highest BCUT2D eigenvalue weighted by Crippen LogP contribution is 2.29. The maximum absolute atomic E-state index is 12.4. The lowest BCUT2D eigenvalue weighted by molar-refractivity contribution is -0.131. The molecule has 0 heterocycles. The molecule has 0 amide bonds. The molecule has 0 saturated carbocycles. The number of ketones is 1. The molecule has 140 valence electrons. The van der Waals surface area contributed by atoms with Crippen LogP contribution in [0, 0.1) is 0 Å². The first-order valence-electron chi connectivity index (χ1n) is 8.27. The first-order chi connectivity index (χ1) is 12.2. The van der Waals surface area contributed by atoms with Crippen LogP contribution >= 0.6 is 0 Å². The Balaban J connectivity index is 3.10. The Kier molecular flexibility index (Phi) is 7.93. The van der Waals surface area contributed by atoms with Crippen molar-refractivity contribution in [3.63, 3.8) is 0 Å². The van der Waals surface area contributed by atoms with Gasteiger partial charge in [-0.3, -0.25) is 4.79 Å². The molecule has 0 aliphatic carbocycles. The van der Waals surface area contributed by atoms with E-state index in [9.17, 15) is 14.4 Å². The van der Waals surface area contributed by atoms with Crippen molar-refractivity contribution < 1.29 is 23.9 Å². The minimum atomic E-state index is -0.631. The minimum absolute atomic E-state index is 0.00700. The fourth-order valence-corrected chi connectivity index (χ4v) is 1.85. The van der Waals surface area contributed by atoms with Gasteiger partial charge < -0.3 is 14.8 Å². The molecule has 0 bridgehead atoms. The van der Waals surface area contributed by atoms with Crippen LogP contribution in [0.25, 0.3) is 0 Å². The average Bonchev–Trinajstić information content (AvgIpc) is 2.54. The summed E-state index contributed by atoms with van der Waals surface area (Å²) in [5.41, 5.74) is 0.134. The van der Waals surface area contributed by atoms with Crippen molar-refractivity contribution in [3.05, 3.63) is 48.1 Å². The van der Waals surface area contributed by atoms with Crippen molar-refractivity contribution in [3.8, 4) is 11.5 Å². The number of carbonyl (C=O) groups is 3. The number of allylic oxidation sites excluding steroid dienone is 2. The van der Waals surface area contributed by atoms with E-state index in [1.807, 2.05) is 20.8 Å². The zero-order valence-corrected chi connectivity index (χ0v) is 15.8. The van der Waals surface area contributed by atoms with Gasteiger partial charge in [-0.2, -0.15) is 0 Å². The van der Waals surface area contributed by atoms with E-state index in [0.29, 0.717) is 5.56 Å². The number of carbonyl (C=O) groups excluding carboxylic acids is 3. The van der Waals surface area contributed by atoms with Gasteiger partial charge in [0.2, 0.25) is 0 Å². The molecule has 6 nitrogen and oxygen atoms in total. The zero-order chi connectivity index (χ0) is 19.7. The van der Waals surface area contributed by atoms with Crippen LogP contribution < -0.4 is 14.8 Å². The van der Waals surface area contributed by atoms with E-state index in [-0.39, 0.29) is 29.4 Å². The summed E-state index contributed by atoms with van der Waals surface area (Å²) in [4.78, 5) is 35.8. The van der Waals surface area contributed by atoms with E-state index in [4.69, 9.17) is 9.47 Å². The van der Waals surface area contributed by atoms with E-state index < -0.39 is 11.9 Å². The minimum Gasteiger partial charge on any atom is -0.419 e. The number of rotatable bonds is 7. The van der Waals surface area contributed by atoms with Gasteiger partial charge in [0, 0.05) is 23.3 Å². The Morgan fingerprint density at radius 1 is 0.962 bits per heavy atom. The van der Waals surface area contributed by atoms with E-state index in [1.54, 1.807) is 13.8 Å². The number of hydrogen-bond acceptors (Lipinski definition) is 6. The van der Waals surface area contributed by atoms with E-state index in [0.717, 1.165) is 0 Å². The Labute approximate surface area is 153 Å². The third kappa shape index (κ3) is 7.44. The van der Waals surface area contributed by atoms with Gasteiger partial charge in [0.05, 0.1) is 6.54 Å². The number of Topliss-reactive ketones (excluding diaryl/α,β-unsaturated/α-hetero) is 1. The van der Waals surface area contributed by atoms with Crippen LogP contribution in [-0.2, 0) is 9.59 Å². The lowest BCUT2D eigenvalue weighted by Gasteiger charge is -2.20. The molecular formula is C20H25NO5. The number of nitrogens with one attached hydrogen (secondary N) is 1. The fraction of sp³-hybridized carbons (Fsp3) is 0.350. The first kappa shape index (κ1) is 21.3. The summed E-state index contributed by atoms with van der Waals surface area (Å²) in [6, 6.07) is 4.36. The van der Waals surface area contributed by atoms with Crippen molar-refractivity contribution in [2.45, 2.75) is 40.2 Å². The van der Waals surface area contributed by atoms with Crippen molar-refractivity contribution >= 4 is 17.7 Å². The summed E-state index contributed by atoms with van der Waals surface area (Å²) in [5.74, 6) is -1.34. The lowest BCUT2D eigenvalue weighted by atomic mass is 10.1. The second-order valence-corrected chi connectivity index (χ2v) is 6.53. The highest BCUT2D eigenvalue weighted by Gasteiger charge is 2.17. The van der Waals surface area contributed by atoms with Gasteiger partial charge in [0.1, 0.15) is 0 Å². The SMILES string of the molecule is C/C=C/C(=O)Oc1ccc(C(=O)CNC(C)(C)C)cc1OC(=O)/C=C/C. The summed E-state index contributed by atoms with van der Waals surface area (Å²) >= 11 is 0. The molecule has 26 heavy (non-hydrogen) atoms. The van der Waals surface area contributed by atoms with Gasteiger partial charge in [0.25, 0.3) is 0 Å². The zero-order valence-electron chi connectivity index (χ0n) is 15.8. The smallest absolute Gasteiger partial charge is 0.335 e. The van der Waals surface area contributed by atoms with Crippen molar-refractivity contribution in [2.24, 2.45) is 0 Å². The van der Waals surface area contributed by atoms with Crippen LogP contribution in [0.4, 0.5) is 0 Å². The molecular weight excluding hydrogens is 334 g/mol. The summed E-state index contributed by atoms with van der Waals surface area (Å²) < 4.78 is 10.4. The quantitative estimate of drug-likeness (QED) is 0.348. The van der Waals surface area contributed by atoms with Crippen LogP contribution in [0.15, 0.2) is 42.5 Å². The van der Waals surface area contributed by atoms with Gasteiger partial charge in [-0.1, -0.05) is 12.2 Å². The third-order valence-electron chi connectivity index (χ3n) is 3.07. The van der Waals surface area contributed by atoms with Gasteiger partial charge >= 0.3 is 11.9 Å². The fourth-order valence-electron chi connectivity index (χ4n) is 1.85. The number of hydrogen-bond donors (Lipinski definition) is 1. The summed E-state index contributed by atoms with van der Waals surface area (Å²) in [6.07, 6.45) is 5.52. The molecule has 1 aromatic carbocycles. The predicted molar refractivity (Wildman–Crippen MR) is 99.4 cm³/mol. The number of esters is 2. The molecule has 1 rings (SSSR count). The highest BCUT2D eigenvalue weighted by molar-refractivity contribution is 5.98. The molecule has 0 atom stereocenters. The molecule has 0 unspecified atom stereocenters. The van der Waals surface area contributed by atoms with Crippen molar-refractivity contribution in [2.75, 3.05) is 6.54 Å². The summed E-state index contributed by atoms with van der Waals surface area (Å²) in [5, 5.41) is 3.10. The van der Waals surface area contributed by atoms with E-state index in [1.165, 1.54) is 42.5 Å². The van der Waals surface area contributed by atoms with Crippen molar-refractivity contribution in [1.29, 1.82) is 0 Å². The Hall–Kier alpha value is -2.73. The van der Waals surface area contributed by atoms with Gasteiger partial charge in [0.15, 0.2) is 17.3 Å². The number of ether oxygens (including phenoxy) is 2. The van der Waals surface area contributed by atoms with Crippen LogP contribution in [0.3, 0.4) is 0 Å². The molecule has 0 aliphatic rings. The Morgan fingerprint density at radius 3 is 2.00 bits per heavy atom. The van der Waals surface area contributed by atoms with E-state index >= 15 is 0 Å². The Bertz CT molecular complexity index is 726. The van der Waals surface area contributed by atoms with Crippen LogP contribution in [0.5, 0.6) is 11.5 Å². The van der Waals surface area contributed by atoms with Gasteiger partial charge in [-0.15, -0.1) is 0 Å². The molecule has 0 saturated heterocycles. The molecule has 0 fully saturated rings. The Morgan fingerprint density at radius 2 is 1.50 bits per heavy atom. The average molecular weight is 359 g/mol. The normalized spacial score (nSPS) is 11.7. The lowest BCUT2D eigenvalue weighted by Crippen LogP contribution is -2.39. The molecule has 0 aromatic heterocycles. The maximum atomic E-state index is 12.4. The second-order valence-electron chi connectivity index (χ2n) is 6.53. The molecule has 0 radical (unpaired) electrons. The molecule has 0 aliphatic heterocycles. The van der Waals surface area contributed by atoms with Gasteiger partial charge in [-0.25, -0.2) is 9.59 Å². The number of benzene rings is 1. The monoisotopic (exact) mass is 359 g/mol. The maximum Gasteiger partial charge on any atom is 0.335 e. The first-order valence-corrected chi connectivity index (χ1v) is 8.27. The summed E-state index contributed by atoms with van der Waals surface area (Å²) in [7, 11) is 0. The molecule has 1 aromatic rings. The standard InChI is InChI=1S/C20H25NO5/c1-6-8-18(23)25-16-11-10-14(15(22)13-21-20(3,4)5)12-17(16)26-19(24)9-7-2/h6-12,21H,13H2,1-5H3/b8-6+,9-7+. The van der Waals surface area contributed by atoms with Crippen LogP contribution in [0.1, 0.15) is 45.0 Å². The second kappa shape index (κ2) is 9.68. The molecule has 6 heteroatoms. The molecule has 0 spiro atoms. The van der Waals surface area contributed by atoms with Crippen LogP contribution in [-0.4, -0.2) is 29.8 Å². The highest BCUT2D eigenvalue weighted by atomic mass is 16.6. The molecule has 1 N–H and O–H groups in total. The predicted octanol–water partition coefficient (Wildman–Crippen LogP) is 3.22. The van der Waals surface area contributed by atoms with Gasteiger partial charge in [-0.05, 0) is 52.8 Å². The summed E-state index contributed by atoms with van der Waals surface area (Å²) in [6.45, 7) is 9.34. The van der Waals surface area contributed by atoms with Crippen molar-refractivity contribution in [1.82, 2.24) is 5.32 Å². The topological polar surface area (TPSA) is 81.7 Å². The van der Waals surface area contributed by atoms with E-state index in [2.05, 4.69) is 5.32 Å². The third-order valence-corrected chi connectivity index (χ3v) is 3.07. The largest absolute Gasteiger partial charge is 0.419 e. The van der Waals surface area contributed by atoms with Crippen LogP contribution in [0.2, 0.25) is 0 Å².